The number of aromatic nitrogens is 2. The van der Waals surface area contributed by atoms with Crippen molar-refractivity contribution in [3.05, 3.63) is 17.6 Å². The first-order valence-electron chi connectivity index (χ1n) is 7.72. The summed E-state index contributed by atoms with van der Waals surface area (Å²) >= 11 is 0. The summed E-state index contributed by atoms with van der Waals surface area (Å²) in [5, 5.41) is 3.38. The molecule has 3 N–H and O–H groups in total. The fraction of sp³-hybridized carbons (Fsp3) is 0.733. The quantitative estimate of drug-likeness (QED) is 0.805. The van der Waals surface area contributed by atoms with E-state index < -0.39 is 0 Å². The lowest BCUT2D eigenvalue weighted by Gasteiger charge is -2.32. The van der Waals surface area contributed by atoms with Crippen molar-refractivity contribution in [2.75, 3.05) is 25.6 Å². The Bertz CT molecular complexity index is 481. The van der Waals surface area contributed by atoms with E-state index in [1.54, 1.807) is 7.11 Å². The molecule has 0 amide bonds. The molecule has 0 radical (unpaired) electrons. The molecule has 1 aromatic rings. The van der Waals surface area contributed by atoms with Crippen LogP contribution >= 0.6 is 24.8 Å². The molecule has 1 saturated heterocycles. The first-order valence-corrected chi connectivity index (χ1v) is 7.72. The highest BCUT2D eigenvalue weighted by Crippen LogP contribution is 2.35. The zero-order valence-corrected chi connectivity index (χ0v) is 15.0. The highest BCUT2D eigenvalue weighted by atomic mass is 35.5. The van der Waals surface area contributed by atoms with Crippen molar-refractivity contribution in [1.82, 2.24) is 9.97 Å². The average Bonchev–Trinajstić information content (AvgIpc) is 2.95. The minimum Gasteiger partial charge on any atom is -0.377 e. The summed E-state index contributed by atoms with van der Waals surface area (Å²) in [6.07, 6.45) is 4.58. The molecule has 8 heteroatoms. The summed E-state index contributed by atoms with van der Waals surface area (Å²) in [5.74, 6) is 2.05. The van der Waals surface area contributed by atoms with Crippen molar-refractivity contribution < 1.29 is 9.47 Å². The Labute approximate surface area is 149 Å². The molecule has 1 aliphatic carbocycles. The lowest BCUT2D eigenvalue weighted by atomic mass is 9.78. The van der Waals surface area contributed by atoms with Gasteiger partial charge in [-0.05, 0) is 25.7 Å². The molecule has 1 aromatic heterocycles. The minimum atomic E-state index is 0. The van der Waals surface area contributed by atoms with Gasteiger partial charge in [-0.2, -0.15) is 0 Å². The number of ether oxygens (including phenoxy) is 2. The highest BCUT2D eigenvalue weighted by molar-refractivity contribution is 5.85. The molecule has 1 saturated carbocycles. The average molecular weight is 365 g/mol. The van der Waals surface area contributed by atoms with Crippen LogP contribution in [-0.4, -0.2) is 42.4 Å². The Morgan fingerprint density at radius 3 is 2.74 bits per heavy atom. The SMILES string of the molecule is COCc1nc(NC[C@@H]2CCCO2)cc(C2CC(N)C2)n1.Cl.Cl. The van der Waals surface area contributed by atoms with Crippen LogP contribution in [0.15, 0.2) is 6.07 Å². The molecule has 0 aromatic carbocycles. The summed E-state index contributed by atoms with van der Waals surface area (Å²) in [4.78, 5) is 9.11. The van der Waals surface area contributed by atoms with Crippen molar-refractivity contribution in [1.29, 1.82) is 0 Å². The van der Waals surface area contributed by atoms with Crippen LogP contribution in [-0.2, 0) is 16.1 Å². The van der Waals surface area contributed by atoms with E-state index in [0.29, 0.717) is 24.7 Å². The lowest BCUT2D eigenvalue weighted by molar-refractivity contribution is 0.120. The maximum Gasteiger partial charge on any atom is 0.156 e. The number of nitrogens with two attached hydrogens (primary N) is 1. The number of halogens is 2. The first-order chi connectivity index (χ1) is 10.2. The number of hydrogen-bond donors (Lipinski definition) is 2. The molecule has 1 atom stereocenters. The highest BCUT2D eigenvalue weighted by Gasteiger charge is 2.29. The smallest absolute Gasteiger partial charge is 0.156 e. The van der Waals surface area contributed by atoms with E-state index in [9.17, 15) is 0 Å². The molecule has 1 aliphatic heterocycles. The van der Waals surface area contributed by atoms with Gasteiger partial charge in [0, 0.05) is 44.0 Å². The number of hydrogen-bond acceptors (Lipinski definition) is 6. The molecular weight excluding hydrogens is 339 g/mol. The predicted molar refractivity (Wildman–Crippen MR) is 94.7 cm³/mol. The number of nitrogens with one attached hydrogen (secondary N) is 1. The summed E-state index contributed by atoms with van der Waals surface area (Å²) in [6, 6.07) is 2.36. The topological polar surface area (TPSA) is 82.3 Å². The van der Waals surface area contributed by atoms with Crippen LogP contribution in [0.3, 0.4) is 0 Å². The fourth-order valence-electron chi connectivity index (χ4n) is 2.94. The third-order valence-corrected chi connectivity index (χ3v) is 4.19. The van der Waals surface area contributed by atoms with Crippen LogP contribution in [0.5, 0.6) is 0 Å². The van der Waals surface area contributed by atoms with Gasteiger partial charge in [-0.25, -0.2) is 9.97 Å². The predicted octanol–water partition coefficient (Wildman–Crippen LogP) is 2.26. The standard InChI is InChI=1S/C15H24N4O2.2ClH/c1-20-9-15-18-13(10-5-11(16)6-10)7-14(19-15)17-8-12-3-2-4-21-12;;/h7,10-12H,2-6,8-9,16H2,1H3,(H,17,18,19);2*1H/t10?,11?,12-;;/m0../s1. The Morgan fingerprint density at radius 1 is 1.35 bits per heavy atom. The van der Waals surface area contributed by atoms with E-state index in [2.05, 4.69) is 15.3 Å². The molecule has 0 unspecified atom stereocenters. The summed E-state index contributed by atoms with van der Waals surface area (Å²) < 4.78 is 10.8. The van der Waals surface area contributed by atoms with Crippen LogP contribution in [0.4, 0.5) is 5.82 Å². The van der Waals surface area contributed by atoms with Gasteiger partial charge in [0.2, 0.25) is 0 Å². The lowest BCUT2D eigenvalue weighted by Crippen LogP contribution is -2.35. The number of rotatable bonds is 6. The van der Waals surface area contributed by atoms with Crippen molar-refractivity contribution in [2.45, 2.75) is 50.4 Å². The minimum absolute atomic E-state index is 0. The second kappa shape index (κ2) is 9.59. The Morgan fingerprint density at radius 2 is 2.13 bits per heavy atom. The molecule has 132 valence electrons. The largest absolute Gasteiger partial charge is 0.377 e. The van der Waals surface area contributed by atoms with Gasteiger partial charge in [-0.1, -0.05) is 0 Å². The van der Waals surface area contributed by atoms with E-state index in [1.807, 2.05) is 6.07 Å². The number of methoxy groups -OCH3 is 1. The van der Waals surface area contributed by atoms with E-state index in [0.717, 1.165) is 56.2 Å². The van der Waals surface area contributed by atoms with Crippen LogP contribution in [0.1, 0.15) is 43.1 Å². The van der Waals surface area contributed by atoms with Crippen molar-refractivity contribution in [3.8, 4) is 0 Å². The van der Waals surface area contributed by atoms with Gasteiger partial charge in [0.25, 0.3) is 0 Å². The molecule has 0 bridgehead atoms. The van der Waals surface area contributed by atoms with Crippen molar-refractivity contribution >= 4 is 30.6 Å². The second-order valence-electron chi connectivity index (χ2n) is 5.97. The molecular formula is C15H26Cl2N4O2. The number of anilines is 1. The summed E-state index contributed by atoms with van der Waals surface area (Å²) in [7, 11) is 1.66. The normalized spacial score (nSPS) is 25.9. The molecule has 2 heterocycles. The van der Waals surface area contributed by atoms with Gasteiger partial charge in [0.1, 0.15) is 12.4 Å². The van der Waals surface area contributed by atoms with E-state index >= 15 is 0 Å². The van der Waals surface area contributed by atoms with E-state index in [1.165, 1.54) is 0 Å². The zero-order valence-electron chi connectivity index (χ0n) is 13.4. The molecule has 2 aliphatic rings. The summed E-state index contributed by atoms with van der Waals surface area (Å²) in [6.45, 7) is 2.10. The molecule has 0 spiro atoms. The van der Waals surface area contributed by atoms with E-state index in [4.69, 9.17) is 15.2 Å². The van der Waals surface area contributed by atoms with Gasteiger partial charge in [-0.3, -0.25) is 0 Å². The van der Waals surface area contributed by atoms with E-state index in [-0.39, 0.29) is 24.8 Å². The maximum atomic E-state index is 5.88. The van der Waals surface area contributed by atoms with Crippen LogP contribution in [0.2, 0.25) is 0 Å². The maximum absolute atomic E-state index is 5.88. The second-order valence-corrected chi connectivity index (χ2v) is 5.97. The third kappa shape index (κ3) is 5.43. The van der Waals surface area contributed by atoms with Crippen LogP contribution in [0, 0.1) is 0 Å². The molecule has 23 heavy (non-hydrogen) atoms. The zero-order chi connectivity index (χ0) is 14.7. The molecule has 2 fully saturated rings. The van der Waals surface area contributed by atoms with Crippen molar-refractivity contribution in [2.24, 2.45) is 5.73 Å². The molecule has 6 nitrogen and oxygen atoms in total. The molecule has 3 rings (SSSR count). The Balaban J connectivity index is 0.00000132. The Hall–Kier alpha value is -0.660. The van der Waals surface area contributed by atoms with Crippen LogP contribution in [0.25, 0.3) is 0 Å². The first kappa shape index (κ1) is 20.4. The van der Waals surface area contributed by atoms with Gasteiger partial charge in [0.15, 0.2) is 5.82 Å². The van der Waals surface area contributed by atoms with Gasteiger partial charge >= 0.3 is 0 Å². The van der Waals surface area contributed by atoms with Gasteiger partial charge < -0.3 is 20.5 Å². The monoisotopic (exact) mass is 364 g/mol. The van der Waals surface area contributed by atoms with Crippen LogP contribution < -0.4 is 11.1 Å². The fourth-order valence-corrected chi connectivity index (χ4v) is 2.94. The number of nitrogens with zero attached hydrogens (tertiary/aromatic N) is 2. The third-order valence-electron chi connectivity index (χ3n) is 4.19. The van der Waals surface area contributed by atoms with Gasteiger partial charge in [-0.15, -0.1) is 24.8 Å². The summed E-state index contributed by atoms with van der Waals surface area (Å²) in [5.41, 5.74) is 6.96. The van der Waals surface area contributed by atoms with Gasteiger partial charge in [0.05, 0.1) is 6.10 Å². The van der Waals surface area contributed by atoms with Crippen molar-refractivity contribution in [3.63, 3.8) is 0 Å². The Kier molecular flexibility index (Phi) is 8.50.